The number of benzene rings is 2. The highest BCUT2D eigenvalue weighted by atomic mass is 33.2. The summed E-state index contributed by atoms with van der Waals surface area (Å²) in [7, 11) is -27.8. The van der Waals surface area contributed by atoms with Gasteiger partial charge in [0.05, 0.1) is 4.90 Å². The maximum atomic E-state index is 14.4. The fraction of sp³-hybridized carbons (Fsp3) is 0.400. The molecule has 0 aliphatic rings. The summed E-state index contributed by atoms with van der Waals surface area (Å²) in [5.74, 6) is 0. The summed E-state index contributed by atoms with van der Waals surface area (Å²) in [6.07, 6.45) is 0.332. The zero-order valence-electron chi connectivity index (χ0n) is 20.1. The lowest BCUT2D eigenvalue weighted by molar-refractivity contribution is -0.0458. The molecule has 2 aromatic carbocycles. The van der Waals surface area contributed by atoms with E-state index in [1.165, 1.54) is 6.07 Å². The first-order chi connectivity index (χ1) is 17.0. The summed E-state index contributed by atoms with van der Waals surface area (Å²) in [5, 5.41) is 0. The van der Waals surface area contributed by atoms with Crippen LogP contribution in [-0.2, 0) is 28.5 Å². The maximum absolute atomic E-state index is 14.4. The number of hydrogen-bond acceptors (Lipinski definition) is 6. The Hall–Kier alpha value is -1.99. The molecule has 19 heteroatoms. The molecule has 0 radical (unpaired) electrons. The molecule has 0 saturated carbocycles. The fourth-order valence-electron chi connectivity index (χ4n) is 4.21. The summed E-state index contributed by atoms with van der Waals surface area (Å²) in [6.45, 7) is 2.45. The van der Waals surface area contributed by atoms with Crippen LogP contribution >= 0.6 is 8.19 Å². The average molecular weight is 657 g/mol. The molecule has 0 bridgehead atoms. The lowest BCUT2D eigenvalue weighted by Crippen LogP contribution is -2.48. The quantitative estimate of drug-likeness (QED) is 0.239. The van der Waals surface area contributed by atoms with E-state index in [0.29, 0.717) is 6.26 Å². The number of hydrogen-bond donors (Lipinski definition) is 1. The van der Waals surface area contributed by atoms with Crippen molar-refractivity contribution >= 4 is 36.7 Å². The molecule has 0 saturated heterocycles. The van der Waals surface area contributed by atoms with Crippen molar-refractivity contribution in [2.75, 3.05) is 6.26 Å². The van der Waals surface area contributed by atoms with E-state index >= 15 is 0 Å². The Morgan fingerprint density at radius 2 is 1.03 bits per heavy atom. The van der Waals surface area contributed by atoms with Gasteiger partial charge in [-0.25, -0.2) is 25.3 Å². The van der Waals surface area contributed by atoms with Crippen LogP contribution in [0.4, 0.5) is 39.5 Å². The Morgan fingerprint density at radius 3 is 1.38 bits per heavy atom. The van der Waals surface area contributed by atoms with Crippen molar-refractivity contribution in [2.24, 2.45) is 0 Å². The van der Waals surface area contributed by atoms with Crippen LogP contribution in [0.5, 0.6) is 0 Å². The number of thiol groups is 1. The fourth-order valence-corrected chi connectivity index (χ4v) is 19.6. The molecule has 0 amide bonds. The predicted octanol–water partition coefficient (Wildman–Crippen LogP) is 6.04. The van der Waals surface area contributed by atoms with Crippen molar-refractivity contribution in [1.82, 2.24) is 0 Å². The molecule has 6 nitrogen and oxygen atoms in total. The van der Waals surface area contributed by atoms with Crippen molar-refractivity contribution in [3.05, 3.63) is 48.5 Å². The van der Waals surface area contributed by atoms with Gasteiger partial charge in [-0.05, 0) is 28.0 Å². The molecular formula is C20H21F9O6S4. The van der Waals surface area contributed by atoms with Crippen LogP contribution in [0.25, 0.3) is 0 Å². The third-order valence-electron chi connectivity index (χ3n) is 6.59. The molecule has 39 heavy (non-hydrogen) atoms. The third-order valence-corrected chi connectivity index (χ3v) is 25.2. The molecular weight excluding hydrogens is 635 g/mol. The Bertz CT molecular complexity index is 1600. The van der Waals surface area contributed by atoms with E-state index in [4.69, 9.17) is 0 Å². The normalized spacial score (nSPS) is 16.0. The van der Waals surface area contributed by atoms with E-state index < -0.39 is 77.6 Å². The van der Waals surface area contributed by atoms with E-state index in [-0.39, 0.29) is 18.2 Å². The summed E-state index contributed by atoms with van der Waals surface area (Å²) in [5.41, 5.74) is -19.3. The minimum Gasteiger partial charge on any atom is -0.214 e. The molecule has 2 rings (SSSR count). The van der Waals surface area contributed by atoms with Gasteiger partial charge in [0.25, 0.3) is 28.5 Å². The highest BCUT2D eigenvalue weighted by Crippen LogP contribution is 2.91. The second kappa shape index (κ2) is 9.01. The van der Waals surface area contributed by atoms with Gasteiger partial charge >= 0.3 is 16.5 Å². The number of halogens is 9. The Balaban J connectivity index is 3.67. The van der Waals surface area contributed by atoms with Crippen LogP contribution in [0.15, 0.2) is 68.1 Å². The molecule has 0 spiro atoms. The Morgan fingerprint density at radius 1 is 0.590 bits per heavy atom. The molecule has 0 heterocycles. The highest BCUT2D eigenvalue weighted by molar-refractivity contribution is 9.00. The van der Waals surface area contributed by atoms with Crippen LogP contribution < -0.4 is 0 Å². The lowest BCUT2D eigenvalue weighted by atomic mass is 10.3. The molecule has 0 unspecified atom stereocenters. The average Bonchev–Trinajstić information content (AvgIpc) is 2.75. The number of sulfone groups is 2. The van der Waals surface area contributed by atoms with Crippen LogP contribution in [0.1, 0.15) is 20.8 Å². The van der Waals surface area contributed by atoms with Crippen LogP contribution in [-0.4, -0.2) is 52.8 Å². The smallest absolute Gasteiger partial charge is 0.214 e. The molecule has 224 valence electrons. The van der Waals surface area contributed by atoms with E-state index in [1.54, 1.807) is 0 Å². The van der Waals surface area contributed by atoms with Crippen LogP contribution in [0.3, 0.4) is 0 Å². The van der Waals surface area contributed by atoms with Gasteiger partial charge in [0.1, 0.15) is 4.90 Å². The third kappa shape index (κ3) is 4.25. The van der Waals surface area contributed by atoms with Gasteiger partial charge in [-0.3, -0.25) is 0 Å². The van der Waals surface area contributed by atoms with E-state index in [9.17, 15) is 64.8 Å². The van der Waals surface area contributed by atoms with Gasteiger partial charge in [0, 0.05) is 4.90 Å². The van der Waals surface area contributed by atoms with Gasteiger partial charge in [0.2, 0.25) is 0 Å². The monoisotopic (exact) mass is 656 g/mol. The van der Waals surface area contributed by atoms with Crippen molar-refractivity contribution in [3.63, 3.8) is 0 Å². The van der Waals surface area contributed by atoms with Crippen molar-refractivity contribution < 1.29 is 64.8 Å². The first-order valence-corrected chi connectivity index (χ1v) is 17.9. The van der Waals surface area contributed by atoms with E-state index in [1.807, 2.05) is 0 Å². The zero-order valence-corrected chi connectivity index (χ0v) is 23.5. The minimum absolute atomic E-state index is 0.174. The van der Waals surface area contributed by atoms with Crippen molar-refractivity contribution in [1.29, 1.82) is 0 Å². The Labute approximate surface area is 217 Å². The van der Waals surface area contributed by atoms with Crippen molar-refractivity contribution in [3.8, 4) is 0 Å². The van der Waals surface area contributed by atoms with Gasteiger partial charge < -0.3 is 0 Å². The topological polar surface area (TPSA) is 102 Å². The largest absolute Gasteiger partial charge is 0.504 e. The number of alkyl halides is 9. The van der Waals surface area contributed by atoms with Gasteiger partial charge in [-0.15, -0.1) is 8.19 Å². The molecule has 0 aliphatic heterocycles. The summed E-state index contributed by atoms with van der Waals surface area (Å²) in [4.78, 5) is -8.08. The summed E-state index contributed by atoms with van der Waals surface area (Å²) >= 11 is 0. The van der Waals surface area contributed by atoms with Crippen LogP contribution in [0, 0.1) is 0 Å². The molecule has 0 aliphatic carbocycles. The first kappa shape index (κ1) is 33.2. The molecule has 0 atom stereocenters. The first-order valence-electron chi connectivity index (χ1n) is 10.2. The number of rotatable bonds is 5. The highest BCUT2D eigenvalue weighted by Gasteiger charge is 2.71. The second-order valence-electron chi connectivity index (χ2n) is 9.39. The summed E-state index contributed by atoms with van der Waals surface area (Å²) in [6, 6.07) is 4.84. The summed E-state index contributed by atoms with van der Waals surface area (Å²) < 4.78 is 201. The standard InChI is InChI=1S/C20H21F9O6S4/c1-17(2,3)39(4,13-9-6-5-7-10-13,38(34,35)20(27,28)29)15-12-8-11-14(36(30,31)18(21,22)23)16(15)37(32,33)19(24,25)26/h5-12,39H,1-4H3. The maximum Gasteiger partial charge on any atom is 0.504 e. The van der Waals surface area contributed by atoms with Gasteiger partial charge in [-0.1, -0.05) is 57.2 Å². The lowest BCUT2D eigenvalue weighted by Gasteiger charge is -2.66. The van der Waals surface area contributed by atoms with Crippen molar-refractivity contribution in [2.45, 2.75) is 61.6 Å². The molecule has 0 fully saturated rings. The van der Waals surface area contributed by atoms with Crippen LogP contribution in [0.2, 0.25) is 0 Å². The molecule has 0 aromatic heterocycles. The van der Waals surface area contributed by atoms with E-state index in [0.717, 1.165) is 45.0 Å². The molecule has 2 aromatic rings. The molecule has 0 N–H and O–H groups in total. The minimum atomic E-state index is -7.25. The zero-order chi connectivity index (χ0) is 30.9. The second-order valence-corrected chi connectivity index (χ2v) is 24.0. The Kier molecular flexibility index (Phi) is 7.67. The SMILES string of the molecule is CC(C)(C)[SH](C)(c1ccccc1)(c1cccc(S(=O)(=O)C(F)(F)F)c1S(=O)(=O)C(F)(F)F)S(=O)(=O)C(F)(F)F. The van der Waals surface area contributed by atoms with E-state index in [2.05, 4.69) is 0 Å². The predicted molar refractivity (Wildman–Crippen MR) is 126 cm³/mol. The van der Waals surface area contributed by atoms with Gasteiger partial charge in [-0.2, -0.15) is 39.5 Å². The van der Waals surface area contributed by atoms with Gasteiger partial charge in [0.15, 0.2) is 0 Å².